The predicted molar refractivity (Wildman–Crippen MR) is 144 cm³/mol. The number of ether oxygens (including phenoxy) is 1. The number of nitrogens with one attached hydrogen (secondary N) is 1. The number of piperidine rings is 1. The van der Waals surface area contributed by atoms with Gasteiger partial charge in [-0.05, 0) is 61.8 Å². The van der Waals surface area contributed by atoms with E-state index in [0.29, 0.717) is 18.1 Å². The molecule has 1 aliphatic heterocycles. The van der Waals surface area contributed by atoms with E-state index in [-0.39, 0.29) is 23.3 Å². The zero-order valence-corrected chi connectivity index (χ0v) is 22.3. The van der Waals surface area contributed by atoms with E-state index in [1.54, 1.807) is 0 Å². The third-order valence-corrected chi connectivity index (χ3v) is 8.38. The third kappa shape index (κ3) is 6.76. The average Bonchev–Trinajstić information content (AvgIpc) is 2.84. The standard InChI is InChI=1S/C31H42N2O3/c1-24(34)36-29-15-10-14-26(21-29)31-19-20-33(2,3)23-27(31)17-18-28(22-31)32-30(35)16-9-5-8-13-25-11-6-4-7-12-25/h4,6-7,10-12,14-15,21,27-28H,5,8-9,13,16-20,22-23H2,1-3H3/p+1/t27-,28+,31+/m1/s1. The van der Waals surface area contributed by atoms with Crippen LogP contribution in [-0.2, 0) is 21.4 Å². The Labute approximate surface area is 216 Å². The minimum Gasteiger partial charge on any atom is -0.427 e. The van der Waals surface area contributed by atoms with Crippen molar-refractivity contribution in [3.63, 3.8) is 0 Å². The van der Waals surface area contributed by atoms with Crippen molar-refractivity contribution >= 4 is 11.9 Å². The fourth-order valence-corrected chi connectivity index (χ4v) is 6.54. The van der Waals surface area contributed by atoms with E-state index in [0.717, 1.165) is 68.9 Å². The van der Waals surface area contributed by atoms with Gasteiger partial charge in [-0.25, -0.2) is 0 Å². The highest BCUT2D eigenvalue weighted by atomic mass is 16.5. The lowest BCUT2D eigenvalue weighted by atomic mass is 9.57. The molecule has 5 heteroatoms. The van der Waals surface area contributed by atoms with E-state index in [2.05, 4.69) is 61.9 Å². The Bertz CT molecular complexity index is 1040. The Morgan fingerprint density at radius 2 is 1.83 bits per heavy atom. The van der Waals surface area contributed by atoms with Crippen molar-refractivity contribution in [2.75, 3.05) is 27.2 Å². The molecule has 36 heavy (non-hydrogen) atoms. The molecule has 0 radical (unpaired) electrons. The molecule has 1 N–H and O–H groups in total. The zero-order valence-electron chi connectivity index (χ0n) is 22.3. The van der Waals surface area contributed by atoms with Crippen LogP contribution in [0.5, 0.6) is 5.75 Å². The molecule has 0 aromatic heterocycles. The summed E-state index contributed by atoms with van der Waals surface area (Å²) in [5.41, 5.74) is 2.64. The fraction of sp³-hybridized carbons (Fsp3) is 0.548. The normalized spacial score (nSPS) is 25.0. The molecule has 1 aliphatic carbocycles. The summed E-state index contributed by atoms with van der Waals surface area (Å²) in [4.78, 5) is 24.4. The monoisotopic (exact) mass is 491 g/mol. The fourth-order valence-electron chi connectivity index (χ4n) is 6.54. The van der Waals surface area contributed by atoms with Crippen molar-refractivity contribution in [3.8, 4) is 5.75 Å². The molecule has 4 rings (SSSR count). The minimum absolute atomic E-state index is 0.00973. The molecule has 2 aromatic carbocycles. The highest BCUT2D eigenvalue weighted by Gasteiger charge is 2.51. The number of hydrogen-bond acceptors (Lipinski definition) is 3. The average molecular weight is 492 g/mol. The van der Waals surface area contributed by atoms with Gasteiger partial charge >= 0.3 is 5.97 Å². The van der Waals surface area contributed by atoms with Crippen molar-refractivity contribution in [2.24, 2.45) is 5.92 Å². The van der Waals surface area contributed by atoms with Crippen LogP contribution >= 0.6 is 0 Å². The molecular weight excluding hydrogens is 448 g/mol. The van der Waals surface area contributed by atoms with Gasteiger partial charge in [0.25, 0.3) is 0 Å². The molecule has 0 spiro atoms. The van der Waals surface area contributed by atoms with Crippen molar-refractivity contribution < 1.29 is 18.8 Å². The Balaban J connectivity index is 1.37. The van der Waals surface area contributed by atoms with Crippen molar-refractivity contribution in [2.45, 2.75) is 76.2 Å². The third-order valence-electron chi connectivity index (χ3n) is 8.38. The second-order valence-corrected chi connectivity index (χ2v) is 11.7. The van der Waals surface area contributed by atoms with E-state index in [1.807, 2.05) is 12.1 Å². The van der Waals surface area contributed by atoms with Gasteiger partial charge in [-0.15, -0.1) is 0 Å². The van der Waals surface area contributed by atoms with Crippen molar-refractivity contribution in [3.05, 3.63) is 65.7 Å². The summed E-state index contributed by atoms with van der Waals surface area (Å²) < 4.78 is 6.47. The SMILES string of the molecule is CC(=O)Oc1cccc([C@@]23CC[N+](C)(C)C[C@H]2CC[C@H](NC(=O)CCCCCc2ccccc2)C3)c1. The Morgan fingerprint density at radius 3 is 2.61 bits per heavy atom. The lowest BCUT2D eigenvalue weighted by Gasteiger charge is -2.54. The van der Waals surface area contributed by atoms with E-state index in [1.165, 1.54) is 18.1 Å². The largest absolute Gasteiger partial charge is 0.427 e. The molecule has 1 saturated carbocycles. The molecule has 194 valence electrons. The maximum atomic E-state index is 12.9. The van der Waals surface area contributed by atoms with Gasteiger partial charge < -0.3 is 14.5 Å². The van der Waals surface area contributed by atoms with Crippen molar-refractivity contribution in [1.29, 1.82) is 0 Å². The molecule has 1 heterocycles. The first-order chi connectivity index (χ1) is 17.3. The van der Waals surface area contributed by atoms with E-state index >= 15 is 0 Å². The first kappa shape index (κ1) is 26.4. The first-order valence-electron chi connectivity index (χ1n) is 13.7. The summed E-state index contributed by atoms with van der Waals surface area (Å²) in [6.45, 7) is 3.69. The van der Waals surface area contributed by atoms with Gasteiger partial charge in [0.2, 0.25) is 5.91 Å². The number of carbonyl (C=O) groups excluding carboxylic acids is 2. The van der Waals surface area contributed by atoms with Crippen LogP contribution in [0.2, 0.25) is 0 Å². The first-order valence-corrected chi connectivity index (χ1v) is 13.7. The molecular formula is C31H43N2O3+. The van der Waals surface area contributed by atoms with Crippen LogP contribution in [-0.4, -0.2) is 49.6 Å². The van der Waals surface area contributed by atoms with E-state index in [9.17, 15) is 9.59 Å². The molecule has 0 bridgehead atoms. The number of aryl methyl sites for hydroxylation is 1. The summed E-state index contributed by atoms with van der Waals surface area (Å²) in [5.74, 6) is 1.07. The number of esters is 1. The predicted octanol–water partition coefficient (Wildman–Crippen LogP) is 5.42. The van der Waals surface area contributed by atoms with E-state index < -0.39 is 0 Å². The molecule has 1 saturated heterocycles. The van der Waals surface area contributed by atoms with Crippen LogP contribution < -0.4 is 10.1 Å². The highest BCUT2D eigenvalue weighted by Crippen LogP contribution is 2.50. The second kappa shape index (κ2) is 11.6. The van der Waals surface area contributed by atoms with Crippen LogP contribution in [0.1, 0.15) is 69.4 Å². The number of quaternary nitrogens is 1. The molecule has 0 unspecified atom stereocenters. The number of fused-ring (bicyclic) bond motifs is 1. The number of rotatable bonds is 9. The van der Waals surface area contributed by atoms with Crippen molar-refractivity contribution in [1.82, 2.24) is 5.32 Å². The number of likely N-dealkylation sites (tertiary alicyclic amines) is 1. The van der Waals surface area contributed by atoms with Crippen LogP contribution in [0.3, 0.4) is 0 Å². The van der Waals surface area contributed by atoms with Crippen LogP contribution in [0.25, 0.3) is 0 Å². The van der Waals surface area contributed by atoms with Gasteiger partial charge in [-0.3, -0.25) is 9.59 Å². The molecule has 2 aliphatic rings. The van der Waals surface area contributed by atoms with E-state index in [4.69, 9.17) is 4.74 Å². The van der Waals surface area contributed by atoms with Crippen LogP contribution in [0.15, 0.2) is 54.6 Å². The number of carbonyl (C=O) groups is 2. The smallest absolute Gasteiger partial charge is 0.308 e. The minimum atomic E-state index is -0.291. The van der Waals surface area contributed by atoms with Gasteiger partial charge in [0.1, 0.15) is 5.75 Å². The van der Waals surface area contributed by atoms with Gasteiger partial charge in [0, 0.05) is 37.1 Å². The number of nitrogens with zero attached hydrogens (tertiary/aromatic N) is 1. The van der Waals surface area contributed by atoms with Gasteiger partial charge in [0.05, 0.1) is 27.2 Å². The Kier molecular flexibility index (Phi) is 8.50. The molecule has 1 amide bonds. The summed E-state index contributed by atoms with van der Waals surface area (Å²) in [6, 6.07) is 18.9. The van der Waals surface area contributed by atoms with Gasteiger partial charge in [0.15, 0.2) is 0 Å². The zero-order chi connectivity index (χ0) is 25.6. The highest BCUT2D eigenvalue weighted by molar-refractivity contribution is 5.76. The molecule has 5 nitrogen and oxygen atoms in total. The number of amides is 1. The van der Waals surface area contributed by atoms with Crippen LogP contribution in [0, 0.1) is 5.92 Å². The summed E-state index contributed by atoms with van der Waals surface area (Å²) >= 11 is 0. The second-order valence-electron chi connectivity index (χ2n) is 11.7. The lowest BCUT2D eigenvalue weighted by Crippen LogP contribution is -2.60. The molecule has 2 aromatic rings. The molecule has 3 atom stereocenters. The lowest BCUT2D eigenvalue weighted by molar-refractivity contribution is -0.901. The number of hydrogen-bond donors (Lipinski definition) is 1. The quantitative estimate of drug-likeness (QED) is 0.221. The Hall–Kier alpha value is -2.66. The van der Waals surface area contributed by atoms with Gasteiger partial charge in [-0.1, -0.05) is 48.9 Å². The number of benzene rings is 2. The van der Waals surface area contributed by atoms with Gasteiger partial charge in [-0.2, -0.15) is 0 Å². The summed E-state index contributed by atoms with van der Waals surface area (Å²) in [5, 5.41) is 3.39. The van der Waals surface area contributed by atoms with Crippen LogP contribution in [0.4, 0.5) is 0 Å². The number of unbranched alkanes of at least 4 members (excludes halogenated alkanes) is 2. The topological polar surface area (TPSA) is 55.4 Å². The maximum Gasteiger partial charge on any atom is 0.308 e. The molecule has 2 fully saturated rings. The summed E-state index contributed by atoms with van der Waals surface area (Å²) in [6.07, 6.45) is 9.02. The maximum absolute atomic E-state index is 12.9. The Morgan fingerprint density at radius 1 is 1.03 bits per heavy atom. The summed E-state index contributed by atoms with van der Waals surface area (Å²) in [7, 11) is 4.65.